The Morgan fingerprint density at radius 1 is 1.21 bits per heavy atom. The van der Waals surface area contributed by atoms with E-state index in [9.17, 15) is 4.21 Å². The van der Waals surface area contributed by atoms with E-state index < -0.39 is 29.1 Å². The molecule has 104 valence electrons. The van der Waals surface area contributed by atoms with Gasteiger partial charge >= 0.3 is 7.12 Å². The van der Waals surface area contributed by atoms with Crippen molar-refractivity contribution in [1.82, 2.24) is 4.98 Å². The van der Waals surface area contributed by atoms with Crippen LogP contribution in [-0.4, -0.2) is 33.8 Å². The van der Waals surface area contributed by atoms with E-state index in [0.29, 0.717) is 15.6 Å². The van der Waals surface area contributed by atoms with Crippen LogP contribution < -0.4 is 5.59 Å². The average Bonchev–Trinajstić information content (AvgIpc) is 2.48. The molecule has 19 heavy (non-hydrogen) atoms. The van der Waals surface area contributed by atoms with Gasteiger partial charge in [0.2, 0.25) is 0 Å². The van der Waals surface area contributed by atoms with Crippen molar-refractivity contribution >= 4 is 35.1 Å². The summed E-state index contributed by atoms with van der Waals surface area (Å²) in [6.07, 6.45) is 1.57. The predicted octanol–water partition coefficient (Wildman–Crippen LogP) is 1.77. The highest BCUT2D eigenvalue weighted by molar-refractivity contribution is 7.84. The fraction of sp³-hybridized carbons (Fsp3) is 0.583. The van der Waals surface area contributed by atoms with Crippen molar-refractivity contribution in [3.8, 4) is 0 Å². The van der Waals surface area contributed by atoms with Crippen LogP contribution in [0.15, 0.2) is 17.2 Å². The summed E-state index contributed by atoms with van der Waals surface area (Å²) in [5, 5.41) is 0.918. The van der Waals surface area contributed by atoms with Gasteiger partial charge in [0.15, 0.2) is 0 Å². The summed E-state index contributed by atoms with van der Waals surface area (Å²) in [6, 6.07) is 3.32. The number of rotatable bonds is 2. The van der Waals surface area contributed by atoms with Crippen LogP contribution in [0.5, 0.6) is 0 Å². The van der Waals surface area contributed by atoms with Crippen LogP contribution in [0.2, 0.25) is 5.02 Å². The Morgan fingerprint density at radius 3 is 2.21 bits per heavy atom. The molecule has 1 fully saturated rings. The molecular formula is C12H17BClNO3S. The van der Waals surface area contributed by atoms with E-state index in [1.54, 1.807) is 18.4 Å². The molecule has 1 atom stereocenters. The van der Waals surface area contributed by atoms with Gasteiger partial charge in [-0.05, 0) is 39.8 Å². The van der Waals surface area contributed by atoms with Gasteiger partial charge < -0.3 is 9.31 Å². The SMILES string of the molecule is CS(=O)c1ccc(Cl)c(B2OC(C)(C)C(C)(C)O2)n1. The lowest BCUT2D eigenvalue weighted by atomic mass is 9.84. The van der Waals surface area contributed by atoms with Crippen molar-refractivity contribution in [3.05, 3.63) is 17.2 Å². The van der Waals surface area contributed by atoms with Crippen LogP contribution in [-0.2, 0) is 20.1 Å². The minimum atomic E-state index is -1.17. The number of hydrogen-bond acceptors (Lipinski definition) is 4. The summed E-state index contributed by atoms with van der Waals surface area (Å²) in [4.78, 5) is 4.30. The van der Waals surface area contributed by atoms with Crippen LogP contribution in [0.1, 0.15) is 27.7 Å². The van der Waals surface area contributed by atoms with Gasteiger partial charge in [-0.25, -0.2) is 4.98 Å². The zero-order chi connectivity index (χ0) is 14.4. The Labute approximate surface area is 121 Å². The normalized spacial score (nSPS) is 22.5. The van der Waals surface area contributed by atoms with Gasteiger partial charge in [0.05, 0.1) is 32.6 Å². The van der Waals surface area contributed by atoms with E-state index in [2.05, 4.69) is 4.98 Å². The van der Waals surface area contributed by atoms with E-state index in [1.807, 2.05) is 27.7 Å². The van der Waals surface area contributed by atoms with E-state index in [0.717, 1.165) is 0 Å². The number of aromatic nitrogens is 1. The summed E-state index contributed by atoms with van der Waals surface area (Å²) in [5.74, 6) is 0. The third-order valence-corrected chi connectivity index (χ3v) is 4.75. The number of nitrogens with zero attached hydrogens (tertiary/aromatic N) is 1. The van der Waals surface area contributed by atoms with Crippen molar-refractivity contribution < 1.29 is 13.5 Å². The Hall–Kier alpha value is -0.425. The standard InChI is InChI=1S/C12H17BClNO3S/c1-11(2)12(3,4)18-13(17-11)10-8(14)6-7-9(15-10)19(5)16/h6-7H,1-5H3. The lowest BCUT2D eigenvalue weighted by molar-refractivity contribution is 0.00578. The van der Waals surface area contributed by atoms with E-state index >= 15 is 0 Å². The number of pyridine rings is 1. The van der Waals surface area contributed by atoms with Crippen LogP contribution >= 0.6 is 11.6 Å². The molecule has 0 saturated carbocycles. The minimum Gasteiger partial charge on any atom is -0.398 e. The third kappa shape index (κ3) is 2.72. The number of hydrogen-bond donors (Lipinski definition) is 0. The minimum absolute atomic E-state index is 0.452. The van der Waals surface area contributed by atoms with Crippen molar-refractivity contribution in [2.45, 2.75) is 43.9 Å². The highest BCUT2D eigenvalue weighted by Gasteiger charge is 2.53. The molecule has 1 aromatic rings. The Morgan fingerprint density at radius 2 is 1.74 bits per heavy atom. The number of halogens is 1. The van der Waals surface area contributed by atoms with Gasteiger partial charge in [0.1, 0.15) is 5.03 Å². The molecule has 1 aliphatic heterocycles. The third-order valence-electron chi connectivity index (χ3n) is 3.62. The Kier molecular flexibility index (Phi) is 3.82. The fourth-order valence-corrected chi connectivity index (χ4v) is 2.40. The lowest BCUT2D eigenvalue weighted by Gasteiger charge is -2.32. The van der Waals surface area contributed by atoms with Gasteiger partial charge in [0, 0.05) is 6.26 Å². The Bertz CT molecular complexity index is 520. The first-order chi connectivity index (χ1) is 8.64. The molecule has 1 unspecified atom stereocenters. The molecule has 1 aromatic heterocycles. The van der Waals surface area contributed by atoms with Crippen LogP contribution in [0.25, 0.3) is 0 Å². The molecule has 4 nitrogen and oxygen atoms in total. The topological polar surface area (TPSA) is 48.4 Å². The monoisotopic (exact) mass is 301 g/mol. The van der Waals surface area contributed by atoms with Crippen molar-refractivity contribution in [3.63, 3.8) is 0 Å². The summed E-state index contributed by atoms with van der Waals surface area (Å²) in [6.45, 7) is 7.84. The maximum atomic E-state index is 11.5. The fourth-order valence-electron chi connectivity index (χ4n) is 1.72. The molecule has 0 N–H and O–H groups in total. The maximum absolute atomic E-state index is 11.5. The maximum Gasteiger partial charge on any atom is 0.516 e. The molecule has 2 heterocycles. The van der Waals surface area contributed by atoms with Crippen LogP contribution in [0.3, 0.4) is 0 Å². The molecule has 0 aliphatic carbocycles. The quantitative estimate of drug-likeness (QED) is 0.781. The second-order valence-corrected chi connectivity index (χ2v) is 7.29. The average molecular weight is 302 g/mol. The van der Waals surface area contributed by atoms with Crippen molar-refractivity contribution in [2.24, 2.45) is 0 Å². The lowest BCUT2D eigenvalue weighted by Crippen LogP contribution is -2.41. The largest absolute Gasteiger partial charge is 0.516 e. The van der Waals surface area contributed by atoms with Crippen LogP contribution in [0, 0.1) is 0 Å². The van der Waals surface area contributed by atoms with Crippen LogP contribution in [0.4, 0.5) is 0 Å². The second-order valence-electron chi connectivity index (χ2n) is 5.56. The summed E-state index contributed by atoms with van der Waals surface area (Å²) >= 11 is 6.15. The molecule has 2 rings (SSSR count). The molecule has 1 saturated heterocycles. The first kappa shape index (κ1) is 15.0. The summed E-state index contributed by atoms with van der Waals surface area (Å²) in [5.41, 5.74) is -0.429. The highest BCUT2D eigenvalue weighted by Crippen LogP contribution is 2.36. The van der Waals surface area contributed by atoms with Gasteiger partial charge in [-0.1, -0.05) is 11.6 Å². The van der Waals surface area contributed by atoms with E-state index in [-0.39, 0.29) is 0 Å². The molecule has 7 heteroatoms. The molecule has 0 aromatic carbocycles. The molecule has 0 radical (unpaired) electrons. The first-order valence-electron chi connectivity index (χ1n) is 5.99. The predicted molar refractivity (Wildman–Crippen MR) is 77.3 cm³/mol. The zero-order valence-corrected chi connectivity index (χ0v) is 13.3. The van der Waals surface area contributed by atoms with E-state index in [4.69, 9.17) is 20.9 Å². The van der Waals surface area contributed by atoms with Gasteiger partial charge in [-0.2, -0.15) is 0 Å². The van der Waals surface area contributed by atoms with Gasteiger partial charge in [0.25, 0.3) is 0 Å². The Balaban J connectivity index is 2.39. The molecule has 1 aliphatic rings. The van der Waals surface area contributed by atoms with Crippen molar-refractivity contribution in [1.29, 1.82) is 0 Å². The van der Waals surface area contributed by atoms with Crippen molar-refractivity contribution in [2.75, 3.05) is 6.26 Å². The molecule has 0 bridgehead atoms. The van der Waals surface area contributed by atoms with Gasteiger partial charge in [-0.15, -0.1) is 0 Å². The second kappa shape index (κ2) is 4.84. The summed E-state index contributed by atoms with van der Waals surface area (Å²) < 4.78 is 23.3. The smallest absolute Gasteiger partial charge is 0.398 e. The first-order valence-corrected chi connectivity index (χ1v) is 7.93. The highest BCUT2D eigenvalue weighted by atomic mass is 35.5. The van der Waals surface area contributed by atoms with E-state index in [1.165, 1.54) is 0 Å². The van der Waals surface area contributed by atoms with Gasteiger partial charge in [-0.3, -0.25) is 4.21 Å². The molecule has 0 spiro atoms. The molecule has 0 amide bonds. The molecular weight excluding hydrogens is 284 g/mol. The zero-order valence-electron chi connectivity index (χ0n) is 11.7. The summed E-state index contributed by atoms with van der Waals surface area (Å²) in [7, 11) is -1.80.